The van der Waals surface area contributed by atoms with E-state index in [0.717, 1.165) is 6.07 Å². The first kappa shape index (κ1) is 12.2. The Kier molecular flexibility index (Phi) is 3.10. The first-order chi connectivity index (χ1) is 8.52. The van der Waals surface area contributed by atoms with E-state index >= 15 is 0 Å². The van der Waals surface area contributed by atoms with Gasteiger partial charge in [0.2, 0.25) is 5.91 Å². The van der Waals surface area contributed by atoms with Crippen LogP contribution in [0.25, 0.3) is 11.1 Å². The van der Waals surface area contributed by atoms with E-state index in [1.54, 1.807) is 25.1 Å². The maximum atomic E-state index is 13.7. The van der Waals surface area contributed by atoms with Crippen LogP contribution in [0.1, 0.15) is 15.9 Å². The van der Waals surface area contributed by atoms with Gasteiger partial charge in [-0.25, -0.2) is 8.78 Å². The van der Waals surface area contributed by atoms with Gasteiger partial charge in [0.25, 0.3) is 0 Å². The number of hydrogen-bond acceptors (Lipinski definition) is 1. The quantitative estimate of drug-likeness (QED) is 0.870. The van der Waals surface area contributed by atoms with Crippen LogP contribution in [0.2, 0.25) is 0 Å². The van der Waals surface area contributed by atoms with Crippen LogP contribution in [0.15, 0.2) is 36.4 Å². The summed E-state index contributed by atoms with van der Waals surface area (Å²) in [5.74, 6) is -2.44. The average Bonchev–Trinajstić information content (AvgIpc) is 2.33. The number of halogens is 2. The van der Waals surface area contributed by atoms with Gasteiger partial charge in [0.05, 0.1) is 0 Å². The Labute approximate surface area is 103 Å². The van der Waals surface area contributed by atoms with Crippen molar-refractivity contribution in [1.82, 2.24) is 0 Å². The molecular weight excluding hydrogens is 236 g/mol. The molecule has 0 aliphatic carbocycles. The lowest BCUT2D eigenvalue weighted by Gasteiger charge is -2.10. The zero-order valence-electron chi connectivity index (χ0n) is 9.71. The van der Waals surface area contributed by atoms with Gasteiger partial charge in [-0.3, -0.25) is 4.79 Å². The van der Waals surface area contributed by atoms with E-state index < -0.39 is 17.5 Å². The summed E-state index contributed by atoms with van der Waals surface area (Å²) < 4.78 is 26.9. The molecule has 2 N–H and O–H groups in total. The molecular formula is C14H11F2NO. The van der Waals surface area contributed by atoms with Crippen molar-refractivity contribution in [1.29, 1.82) is 0 Å². The summed E-state index contributed by atoms with van der Waals surface area (Å²) in [6.07, 6.45) is 0. The van der Waals surface area contributed by atoms with Crippen molar-refractivity contribution in [2.45, 2.75) is 6.92 Å². The fourth-order valence-corrected chi connectivity index (χ4v) is 1.91. The minimum absolute atomic E-state index is 0.121. The highest BCUT2D eigenvalue weighted by molar-refractivity contribution is 5.96. The number of carbonyl (C=O) groups is 1. The monoisotopic (exact) mass is 247 g/mol. The molecule has 0 fully saturated rings. The van der Waals surface area contributed by atoms with E-state index in [9.17, 15) is 13.6 Å². The molecule has 2 aromatic rings. The molecule has 0 unspecified atom stereocenters. The van der Waals surface area contributed by atoms with Crippen molar-refractivity contribution < 1.29 is 13.6 Å². The topological polar surface area (TPSA) is 43.1 Å². The van der Waals surface area contributed by atoms with Gasteiger partial charge in [-0.1, -0.05) is 24.3 Å². The Morgan fingerprint density at radius 3 is 2.33 bits per heavy atom. The summed E-state index contributed by atoms with van der Waals surface area (Å²) in [6.45, 7) is 1.65. The van der Waals surface area contributed by atoms with Crippen LogP contribution >= 0.6 is 0 Å². The van der Waals surface area contributed by atoms with Crippen molar-refractivity contribution in [2.24, 2.45) is 5.73 Å². The molecule has 2 aromatic carbocycles. The number of carbonyl (C=O) groups excluding carboxylic acids is 1. The van der Waals surface area contributed by atoms with Crippen LogP contribution in [0.5, 0.6) is 0 Å². The number of nitrogens with two attached hydrogens (primary N) is 1. The molecule has 0 bridgehead atoms. The molecule has 4 heteroatoms. The van der Waals surface area contributed by atoms with E-state index in [0.29, 0.717) is 16.7 Å². The van der Waals surface area contributed by atoms with Gasteiger partial charge in [-0.15, -0.1) is 0 Å². The van der Waals surface area contributed by atoms with Gasteiger partial charge in [0.1, 0.15) is 0 Å². The fraction of sp³-hybridized carbons (Fsp3) is 0.0714. The Bertz CT molecular complexity index is 623. The maximum Gasteiger partial charge on any atom is 0.248 e. The van der Waals surface area contributed by atoms with Crippen molar-refractivity contribution in [3.05, 3.63) is 59.2 Å². The van der Waals surface area contributed by atoms with E-state index in [1.165, 1.54) is 12.1 Å². The lowest BCUT2D eigenvalue weighted by atomic mass is 9.96. The number of benzene rings is 2. The molecule has 0 aromatic heterocycles. The van der Waals surface area contributed by atoms with Gasteiger partial charge < -0.3 is 5.73 Å². The molecule has 0 atom stereocenters. The summed E-state index contributed by atoms with van der Waals surface area (Å²) in [5, 5.41) is 0. The van der Waals surface area contributed by atoms with Crippen molar-refractivity contribution in [3.8, 4) is 11.1 Å². The predicted octanol–water partition coefficient (Wildman–Crippen LogP) is 3.04. The highest BCUT2D eigenvalue weighted by Gasteiger charge is 2.14. The standard InChI is InChI=1S/C14H11F2NO/c1-8-9(4-2-5-10(8)14(17)18)11-6-3-7-12(15)13(11)16/h2-7H,1H3,(H2,17,18). The van der Waals surface area contributed by atoms with Crippen molar-refractivity contribution in [2.75, 3.05) is 0 Å². The molecule has 18 heavy (non-hydrogen) atoms. The Hall–Kier alpha value is -2.23. The SMILES string of the molecule is Cc1c(C(N)=O)cccc1-c1cccc(F)c1F. The van der Waals surface area contributed by atoms with E-state index in [-0.39, 0.29) is 5.56 Å². The summed E-state index contributed by atoms with van der Waals surface area (Å²) in [4.78, 5) is 11.2. The van der Waals surface area contributed by atoms with Crippen LogP contribution in [0.4, 0.5) is 8.78 Å². The van der Waals surface area contributed by atoms with Crippen LogP contribution < -0.4 is 5.73 Å². The molecule has 0 spiro atoms. The molecule has 2 nitrogen and oxygen atoms in total. The van der Waals surface area contributed by atoms with E-state index in [1.807, 2.05) is 0 Å². The number of amides is 1. The third-order valence-electron chi connectivity index (χ3n) is 2.84. The number of rotatable bonds is 2. The van der Waals surface area contributed by atoms with Crippen LogP contribution in [0, 0.1) is 18.6 Å². The largest absolute Gasteiger partial charge is 0.366 e. The first-order valence-electron chi connectivity index (χ1n) is 5.36. The normalized spacial score (nSPS) is 10.4. The van der Waals surface area contributed by atoms with Crippen LogP contribution in [-0.4, -0.2) is 5.91 Å². The zero-order valence-corrected chi connectivity index (χ0v) is 9.71. The molecule has 0 saturated heterocycles. The molecule has 0 heterocycles. The van der Waals surface area contributed by atoms with Gasteiger partial charge in [-0.05, 0) is 30.2 Å². The molecule has 0 aliphatic heterocycles. The van der Waals surface area contributed by atoms with E-state index in [4.69, 9.17) is 5.73 Å². The Morgan fingerprint density at radius 1 is 1.06 bits per heavy atom. The fourth-order valence-electron chi connectivity index (χ4n) is 1.91. The molecule has 92 valence electrons. The third-order valence-corrected chi connectivity index (χ3v) is 2.84. The van der Waals surface area contributed by atoms with Crippen LogP contribution in [0.3, 0.4) is 0 Å². The second-order valence-electron chi connectivity index (χ2n) is 3.94. The van der Waals surface area contributed by atoms with E-state index in [2.05, 4.69) is 0 Å². The van der Waals surface area contributed by atoms with Gasteiger partial charge in [0.15, 0.2) is 11.6 Å². The second-order valence-corrected chi connectivity index (χ2v) is 3.94. The highest BCUT2D eigenvalue weighted by Crippen LogP contribution is 2.28. The number of primary amides is 1. The summed E-state index contributed by atoms with van der Waals surface area (Å²) in [6, 6.07) is 8.70. The zero-order chi connectivity index (χ0) is 13.3. The van der Waals surface area contributed by atoms with Crippen molar-refractivity contribution >= 4 is 5.91 Å². The smallest absolute Gasteiger partial charge is 0.248 e. The minimum atomic E-state index is -0.928. The van der Waals surface area contributed by atoms with Crippen LogP contribution in [-0.2, 0) is 0 Å². The summed E-state index contributed by atoms with van der Waals surface area (Å²) in [5.41, 5.74) is 6.64. The van der Waals surface area contributed by atoms with Gasteiger partial charge in [0, 0.05) is 11.1 Å². The molecule has 0 aliphatic rings. The molecule has 0 radical (unpaired) electrons. The molecule has 1 amide bonds. The third kappa shape index (κ3) is 1.97. The predicted molar refractivity (Wildman–Crippen MR) is 65.0 cm³/mol. The first-order valence-corrected chi connectivity index (χ1v) is 5.36. The van der Waals surface area contributed by atoms with Gasteiger partial charge >= 0.3 is 0 Å². The number of hydrogen-bond donors (Lipinski definition) is 1. The average molecular weight is 247 g/mol. The maximum absolute atomic E-state index is 13.7. The minimum Gasteiger partial charge on any atom is -0.366 e. The Balaban J connectivity index is 2.69. The summed E-state index contributed by atoms with van der Waals surface area (Å²) in [7, 11) is 0. The molecule has 2 rings (SSSR count). The lowest BCUT2D eigenvalue weighted by molar-refractivity contribution is 0.1000. The second kappa shape index (κ2) is 4.56. The van der Waals surface area contributed by atoms with Crippen molar-refractivity contribution in [3.63, 3.8) is 0 Å². The lowest BCUT2D eigenvalue weighted by Crippen LogP contribution is -2.13. The van der Waals surface area contributed by atoms with Gasteiger partial charge in [-0.2, -0.15) is 0 Å². The summed E-state index contributed by atoms with van der Waals surface area (Å²) >= 11 is 0. The highest BCUT2D eigenvalue weighted by atomic mass is 19.2. The Morgan fingerprint density at radius 2 is 1.67 bits per heavy atom. The molecule has 0 saturated carbocycles.